The van der Waals surface area contributed by atoms with Crippen molar-refractivity contribution < 1.29 is 42.9 Å². The molecule has 0 saturated carbocycles. The van der Waals surface area contributed by atoms with Crippen molar-refractivity contribution in [2.24, 2.45) is 35.3 Å². The predicted octanol–water partition coefficient (Wildman–Crippen LogP) is 5.47. The van der Waals surface area contributed by atoms with E-state index in [1.54, 1.807) is 40.7 Å². The molecular formula is C31H49NO9. The minimum atomic E-state index is -1.06. The topological polar surface area (TPSA) is 140 Å². The highest BCUT2D eigenvalue weighted by atomic mass is 16.7. The minimum absolute atomic E-state index is 0.0367. The Morgan fingerprint density at radius 2 is 1.07 bits per heavy atom. The maximum Gasteiger partial charge on any atom is 0.508 e. The fourth-order valence-corrected chi connectivity index (χ4v) is 3.06. The van der Waals surface area contributed by atoms with Crippen LogP contribution in [0.4, 0.5) is 4.79 Å². The third kappa shape index (κ3) is 11.7. The van der Waals surface area contributed by atoms with Gasteiger partial charge in [0.1, 0.15) is 24.4 Å². The van der Waals surface area contributed by atoms with Crippen LogP contribution in [0.25, 0.3) is 0 Å². The van der Waals surface area contributed by atoms with Gasteiger partial charge in [0, 0.05) is 0 Å². The number of esters is 3. The summed E-state index contributed by atoms with van der Waals surface area (Å²) in [7, 11) is 0. The number of benzene rings is 1. The van der Waals surface area contributed by atoms with E-state index in [1.807, 2.05) is 41.5 Å². The van der Waals surface area contributed by atoms with Crippen molar-refractivity contribution in [1.29, 1.82) is 0 Å². The number of nitrogens with two attached hydrogens (primary N) is 1. The first kappa shape index (κ1) is 35.9. The summed E-state index contributed by atoms with van der Waals surface area (Å²) in [5.41, 5.74) is 6.69. The van der Waals surface area contributed by atoms with Crippen LogP contribution in [-0.2, 0) is 35.0 Å². The summed E-state index contributed by atoms with van der Waals surface area (Å²) in [5.74, 6) is -2.01. The second-order valence-electron chi connectivity index (χ2n) is 11.8. The summed E-state index contributed by atoms with van der Waals surface area (Å²) in [6, 6.07) is 3.62. The van der Waals surface area contributed by atoms with Gasteiger partial charge in [0.05, 0.1) is 11.8 Å². The van der Waals surface area contributed by atoms with E-state index in [4.69, 9.17) is 29.4 Å². The summed E-state index contributed by atoms with van der Waals surface area (Å²) in [5, 5.41) is 0. The van der Waals surface area contributed by atoms with E-state index in [0.717, 1.165) is 0 Å². The van der Waals surface area contributed by atoms with Gasteiger partial charge in [-0.15, -0.1) is 0 Å². The molecule has 10 heteroatoms. The molecule has 0 saturated heterocycles. The van der Waals surface area contributed by atoms with E-state index in [2.05, 4.69) is 0 Å². The van der Waals surface area contributed by atoms with Crippen LogP contribution in [0.2, 0.25) is 0 Å². The average Bonchev–Trinajstić information content (AvgIpc) is 2.88. The lowest BCUT2D eigenvalue weighted by atomic mass is 9.98. The molecular weight excluding hydrogens is 530 g/mol. The zero-order valence-electron chi connectivity index (χ0n) is 26.4. The van der Waals surface area contributed by atoms with E-state index in [-0.39, 0.29) is 47.7 Å². The Morgan fingerprint density at radius 1 is 0.610 bits per heavy atom. The molecule has 0 heterocycles. The first-order valence-electron chi connectivity index (χ1n) is 14.3. The van der Waals surface area contributed by atoms with E-state index < -0.39 is 48.2 Å². The molecule has 1 rings (SSSR count). The molecule has 10 nitrogen and oxygen atoms in total. The maximum atomic E-state index is 12.7. The summed E-state index contributed by atoms with van der Waals surface area (Å²) in [4.78, 5) is 50.1. The van der Waals surface area contributed by atoms with Crippen LogP contribution in [0.1, 0.15) is 81.7 Å². The highest BCUT2D eigenvalue weighted by Crippen LogP contribution is 2.31. The van der Waals surface area contributed by atoms with Crippen molar-refractivity contribution >= 4 is 24.1 Å². The number of rotatable bonds is 14. The Labute approximate surface area is 244 Å². The van der Waals surface area contributed by atoms with E-state index in [9.17, 15) is 19.2 Å². The van der Waals surface area contributed by atoms with Crippen LogP contribution in [-0.4, -0.2) is 48.4 Å². The van der Waals surface area contributed by atoms with E-state index in [1.165, 1.54) is 12.1 Å². The van der Waals surface area contributed by atoms with Gasteiger partial charge in [0.15, 0.2) is 11.5 Å². The van der Waals surface area contributed by atoms with E-state index >= 15 is 0 Å². The second-order valence-corrected chi connectivity index (χ2v) is 11.8. The summed E-state index contributed by atoms with van der Waals surface area (Å²) < 4.78 is 27.1. The molecule has 1 aromatic rings. The van der Waals surface area contributed by atoms with Crippen molar-refractivity contribution in [3.05, 3.63) is 23.8 Å². The van der Waals surface area contributed by atoms with Gasteiger partial charge in [-0.3, -0.25) is 14.4 Å². The number of ether oxygens (including phenoxy) is 5. The Balaban J connectivity index is 2.98. The lowest BCUT2D eigenvalue weighted by molar-refractivity contribution is -0.156. The smallest absolute Gasteiger partial charge is 0.458 e. The van der Waals surface area contributed by atoms with Gasteiger partial charge in [0.2, 0.25) is 0 Å². The molecule has 0 bridgehead atoms. The predicted molar refractivity (Wildman–Crippen MR) is 154 cm³/mol. The van der Waals surface area contributed by atoms with Gasteiger partial charge in [-0.1, -0.05) is 61.5 Å². The first-order valence-corrected chi connectivity index (χ1v) is 14.3. The van der Waals surface area contributed by atoms with Crippen LogP contribution >= 0.6 is 0 Å². The second kappa shape index (κ2) is 16.3. The van der Waals surface area contributed by atoms with Crippen molar-refractivity contribution in [2.45, 2.75) is 107 Å². The SMILES string of the molecule is CC(C)C(C)OC(=O)O[C@@H](C)[C@H](C)OC(=O)[C@@H](N)Cc1ccc(OC(=O)C(C)C(C)C)c(OC(=O)C(C)C(C)C)c1. The standard InChI is InChI=1S/C31H49NO9/c1-16(2)19(7)28(33)40-26-13-12-24(15-27(26)41-29(34)20(8)17(3)4)14-25(32)30(35)37-22(10)23(11)39-31(36)38-21(9)18(5)6/h12-13,15-23,25H,14,32H2,1-11H3/t19?,20?,21?,22-,23-,25-/m0/s1. The molecule has 0 aliphatic heterocycles. The minimum Gasteiger partial charge on any atom is -0.458 e. The van der Waals surface area contributed by atoms with Crippen LogP contribution < -0.4 is 15.2 Å². The Kier molecular flexibility index (Phi) is 14.3. The zero-order chi connectivity index (χ0) is 31.6. The molecule has 0 fully saturated rings. The molecule has 1 aromatic carbocycles. The summed E-state index contributed by atoms with van der Waals surface area (Å²) in [6.07, 6.45) is -2.67. The molecule has 0 aliphatic carbocycles. The summed E-state index contributed by atoms with van der Waals surface area (Å²) in [6.45, 7) is 19.9. The molecule has 0 amide bonds. The number of hydrogen-bond acceptors (Lipinski definition) is 10. The third-order valence-electron chi connectivity index (χ3n) is 7.40. The fraction of sp³-hybridized carbons (Fsp3) is 0.677. The molecule has 232 valence electrons. The van der Waals surface area contributed by atoms with Crippen LogP contribution in [0.3, 0.4) is 0 Å². The Hall–Kier alpha value is -3.14. The molecule has 0 aliphatic rings. The molecule has 0 spiro atoms. The van der Waals surface area contributed by atoms with E-state index in [0.29, 0.717) is 5.56 Å². The van der Waals surface area contributed by atoms with Gasteiger partial charge in [-0.25, -0.2) is 4.79 Å². The number of hydrogen-bond donors (Lipinski definition) is 1. The lowest BCUT2D eigenvalue weighted by Gasteiger charge is -2.23. The molecule has 3 unspecified atom stereocenters. The van der Waals surface area contributed by atoms with Gasteiger partial charge < -0.3 is 29.4 Å². The number of carbonyl (C=O) groups excluding carboxylic acids is 4. The molecule has 0 aromatic heterocycles. The van der Waals surface area contributed by atoms with Crippen LogP contribution in [0, 0.1) is 29.6 Å². The van der Waals surface area contributed by atoms with Gasteiger partial charge in [0.25, 0.3) is 0 Å². The normalized spacial score (nSPS) is 15.9. The molecule has 2 N–H and O–H groups in total. The molecule has 6 atom stereocenters. The fourth-order valence-electron chi connectivity index (χ4n) is 3.06. The van der Waals surface area contributed by atoms with Gasteiger partial charge >= 0.3 is 24.1 Å². The molecule has 41 heavy (non-hydrogen) atoms. The largest absolute Gasteiger partial charge is 0.508 e. The van der Waals surface area contributed by atoms with Crippen molar-refractivity contribution in [1.82, 2.24) is 0 Å². The zero-order valence-corrected chi connectivity index (χ0v) is 26.4. The Morgan fingerprint density at radius 3 is 1.56 bits per heavy atom. The monoisotopic (exact) mass is 579 g/mol. The maximum absolute atomic E-state index is 12.7. The Bertz CT molecular complexity index is 1040. The van der Waals surface area contributed by atoms with Crippen molar-refractivity contribution in [3.8, 4) is 11.5 Å². The van der Waals surface area contributed by atoms with Crippen LogP contribution in [0.15, 0.2) is 18.2 Å². The molecule has 0 radical (unpaired) electrons. The lowest BCUT2D eigenvalue weighted by Crippen LogP contribution is -2.39. The average molecular weight is 580 g/mol. The van der Waals surface area contributed by atoms with Crippen LogP contribution in [0.5, 0.6) is 11.5 Å². The number of carbonyl (C=O) groups is 4. The quantitative estimate of drug-likeness (QED) is 0.223. The summed E-state index contributed by atoms with van der Waals surface area (Å²) >= 11 is 0. The van der Waals surface area contributed by atoms with Gasteiger partial charge in [-0.05, 0) is 62.6 Å². The van der Waals surface area contributed by atoms with Crippen molar-refractivity contribution in [3.63, 3.8) is 0 Å². The highest BCUT2D eigenvalue weighted by molar-refractivity contribution is 5.79. The van der Waals surface area contributed by atoms with Gasteiger partial charge in [-0.2, -0.15) is 0 Å². The third-order valence-corrected chi connectivity index (χ3v) is 7.40. The highest BCUT2D eigenvalue weighted by Gasteiger charge is 2.27. The van der Waals surface area contributed by atoms with Crippen molar-refractivity contribution in [2.75, 3.05) is 0 Å². The first-order chi connectivity index (χ1) is 18.9.